The first-order valence-electron chi connectivity index (χ1n) is 11.5. The maximum absolute atomic E-state index is 14.2. The molecule has 5 heteroatoms. The molecule has 0 heterocycles. The number of carbonyl (C=O) groups excluding carboxylic acids is 1. The minimum atomic E-state index is -0.546. The maximum Gasteiger partial charge on any atom is 0.323 e. The average Bonchev–Trinajstić information content (AvgIpc) is 2.81. The molecule has 3 rings (SSSR count). The van der Waals surface area contributed by atoms with E-state index >= 15 is 0 Å². The van der Waals surface area contributed by atoms with Gasteiger partial charge in [-0.25, -0.2) is 4.39 Å². The van der Waals surface area contributed by atoms with Crippen molar-refractivity contribution in [3.05, 3.63) is 101 Å². The van der Waals surface area contributed by atoms with Gasteiger partial charge in [0.2, 0.25) is 0 Å². The van der Waals surface area contributed by atoms with Crippen LogP contribution in [0.15, 0.2) is 72.8 Å². The third-order valence-corrected chi connectivity index (χ3v) is 5.35. The second-order valence-electron chi connectivity index (χ2n) is 7.89. The molecule has 3 aromatic rings. The van der Waals surface area contributed by atoms with E-state index in [2.05, 4.69) is 53.8 Å². The van der Waals surface area contributed by atoms with E-state index in [1.807, 2.05) is 13.0 Å². The molecule has 4 nitrogen and oxygen atoms in total. The van der Waals surface area contributed by atoms with E-state index in [9.17, 15) is 9.18 Å². The molecule has 0 aliphatic heterocycles. The van der Waals surface area contributed by atoms with Crippen LogP contribution in [0.25, 0.3) is 0 Å². The molecule has 174 valence electrons. The first-order valence-corrected chi connectivity index (χ1v) is 11.5. The van der Waals surface area contributed by atoms with E-state index in [1.54, 1.807) is 19.1 Å². The second kappa shape index (κ2) is 12.8. The molecule has 0 aliphatic carbocycles. The summed E-state index contributed by atoms with van der Waals surface area (Å²) in [7, 11) is 0. The fourth-order valence-electron chi connectivity index (χ4n) is 3.78. The number of benzene rings is 3. The summed E-state index contributed by atoms with van der Waals surface area (Å²) in [6.45, 7) is 4.90. The van der Waals surface area contributed by atoms with Crippen LogP contribution in [0.2, 0.25) is 0 Å². The molecule has 0 bridgehead atoms. The minimum Gasteiger partial charge on any atom is -0.491 e. The highest BCUT2D eigenvalue weighted by molar-refractivity contribution is 5.76. The van der Waals surface area contributed by atoms with Crippen LogP contribution < -0.4 is 10.1 Å². The van der Waals surface area contributed by atoms with E-state index in [-0.39, 0.29) is 11.7 Å². The van der Waals surface area contributed by atoms with Crippen molar-refractivity contribution in [3.8, 4) is 5.75 Å². The van der Waals surface area contributed by atoms with Crippen LogP contribution in [0.1, 0.15) is 36.1 Å². The minimum absolute atomic E-state index is 0.220. The number of carbonyl (C=O) groups is 1. The summed E-state index contributed by atoms with van der Waals surface area (Å²) in [5.41, 5.74) is 4.44. The summed E-state index contributed by atoms with van der Waals surface area (Å²) in [6, 6.07) is 23.1. The molecule has 0 aliphatic rings. The normalized spacial score (nSPS) is 11.7. The summed E-state index contributed by atoms with van der Waals surface area (Å²) in [6.07, 6.45) is 2.00. The molecular formula is C28H32FNO3. The van der Waals surface area contributed by atoms with Gasteiger partial charge in [-0.2, -0.15) is 0 Å². The predicted octanol–water partition coefficient (Wildman–Crippen LogP) is 5.12. The van der Waals surface area contributed by atoms with Gasteiger partial charge in [0.05, 0.1) is 13.2 Å². The zero-order valence-corrected chi connectivity index (χ0v) is 19.4. The van der Waals surface area contributed by atoms with Crippen molar-refractivity contribution in [1.82, 2.24) is 5.32 Å². The van der Waals surface area contributed by atoms with Gasteiger partial charge < -0.3 is 14.8 Å². The Balaban J connectivity index is 1.60. The highest BCUT2D eigenvalue weighted by atomic mass is 19.1. The molecule has 0 fully saturated rings. The molecule has 1 N–H and O–H groups in total. The van der Waals surface area contributed by atoms with E-state index < -0.39 is 11.9 Å². The van der Waals surface area contributed by atoms with E-state index in [0.29, 0.717) is 31.7 Å². The van der Waals surface area contributed by atoms with E-state index in [0.717, 1.165) is 12.8 Å². The number of hydrogen-bond donors (Lipinski definition) is 1. The standard InChI is InChI=1S/C28H32FNO3/c1-3-32-27-14-13-24(19-25(27)29)20-26(28(31)33-4-2)30-16-15-22-11-8-12-23(18-22)17-21-9-6-5-7-10-21/h5-14,18-19,26,30H,3-4,15-17,20H2,1-2H3/t26-/m1/s1. The molecule has 33 heavy (non-hydrogen) atoms. The van der Waals surface area contributed by atoms with Crippen molar-refractivity contribution in [3.63, 3.8) is 0 Å². The van der Waals surface area contributed by atoms with Crippen molar-refractivity contribution in [2.45, 2.75) is 39.2 Å². The number of hydrogen-bond acceptors (Lipinski definition) is 4. The molecular weight excluding hydrogens is 417 g/mol. The van der Waals surface area contributed by atoms with Crippen LogP contribution in [-0.4, -0.2) is 31.8 Å². The molecule has 0 unspecified atom stereocenters. The van der Waals surface area contributed by atoms with Gasteiger partial charge in [-0.05, 0) is 74.0 Å². The SMILES string of the molecule is CCOC(=O)[C@@H](Cc1ccc(OCC)c(F)c1)NCCc1cccc(Cc2ccccc2)c1. The fourth-order valence-corrected chi connectivity index (χ4v) is 3.78. The Hall–Kier alpha value is -3.18. The van der Waals surface area contributed by atoms with Crippen LogP contribution in [0.4, 0.5) is 4.39 Å². The first-order chi connectivity index (χ1) is 16.1. The predicted molar refractivity (Wildman–Crippen MR) is 129 cm³/mol. The van der Waals surface area contributed by atoms with E-state index in [1.165, 1.54) is 22.8 Å². The smallest absolute Gasteiger partial charge is 0.323 e. The lowest BCUT2D eigenvalue weighted by atomic mass is 10.0. The summed E-state index contributed by atoms with van der Waals surface area (Å²) in [5, 5.41) is 3.30. The lowest BCUT2D eigenvalue weighted by Crippen LogP contribution is -2.41. The van der Waals surface area contributed by atoms with Crippen LogP contribution in [0.5, 0.6) is 5.75 Å². The van der Waals surface area contributed by atoms with Gasteiger partial charge in [0.15, 0.2) is 11.6 Å². The largest absolute Gasteiger partial charge is 0.491 e. The summed E-state index contributed by atoms with van der Waals surface area (Å²) in [4.78, 5) is 12.5. The van der Waals surface area contributed by atoms with Crippen molar-refractivity contribution < 1.29 is 18.7 Å². The molecule has 0 radical (unpaired) electrons. The highest BCUT2D eigenvalue weighted by Crippen LogP contribution is 2.19. The Kier molecular flexibility index (Phi) is 9.45. The topological polar surface area (TPSA) is 47.6 Å². The van der Waals surface area contributed by atoms with Crippen molar-refractivity contribution in [1.29, 1.82) is 0 Å². The third-order valence-electron chi connectivity index (χ3n) is 5.35. The van der Waals surface area contributed by atoms with E-state index in [4.69, 9.17) is 9.47 Å². The summed E-state index contributed by atoms with van der Waals surface area (Å²) >= 11 is 0. The molecule has 3 aromatic carbocycles. The number of rotatable bonds is 12. The Labute approximate surface area is 195 Å². The summed E-state index contributed by atoms with van der Waals surface area (Å²) < 4.78 is 24.7. The number of esters is 1. The molecule has 0 saturated carbocycles. The molecule has 0 spiro atoms. The molecule has 0 amide bonds. The monoisotopic (exact) mass is 449 g/mol. The Morgan fingerprint density at radius 3 is 2.36 bits per heavy atom. The molecule has 1 atom stereocenters. The van der Waals surface area contributed by atoms with Crippen molar-refractivity contribution >= 4 is 5.97 Å². The number of ether oxygens (including phenoxy) is 2. The maximum atomic E-state index is 14.2. The quantitative estimate of drug-likeness (QED) is 0.390. The van der Waals surface area contributed by atoms with Gasteiger partial charge in [-0.3, -0.25) is 4.79 Å². The van der Waals surface area contributed by atoms with Gasteiger partial charge in [0, 0.05) is 0 Å². The van der Waals surface area contributed by atoms with Crippen molar-refractivity contribution in [2.24, 2.45) is 0 Å². The van der Waals surface area contributed by atoms with Gasteiger partial charge >= 0.3 is 5.97 Å². The van der Waals surface area contributed by atoms with Gasteiger partial charge in [0.1, 0.15) is 6.04 Å². The Morgan fingerprint density at radius 1 is 0.879 bits per heavy atom. The van der Waals surface area contributed by atoms with Crippen LogP contribution in [-0.2, 0) is 28.8 Å². The lowest BCUT2D eigenvalue weighted by molar-refractivity contribution is -0.145. The van der Waals surface area contributed by atoms with Gasteiger partial charge in [-0.15, -0.1) is 0 Å². The lowest BCUT2D eigenvalue weighted by Gasteiger charge is -2.18. The number of nitrogens with one attached hydrogen (secondary N) is 1. The molecule has 0 aromatic heterocycles. The van der Waals surface area contributed by atoms with Crippen LogP contribution >= 0.6 is 0 Å². The van der Waals surface area contributed by atoms with Gasteiger partial charge in [0.25, 0.3) is 0 Å². The zero-order valence-electron chi connectivity index (χ0n) is 19.4. The zero-order chi connectivity index (χ0) is 23.5. The first kappa shape index (κ1) is 24.5. The van der Waals surface area contributed by atoms with Crippen LogP contribution in [0, 0.1) is 5.82 Å². The summed E-state index contributed by atoms with van der Waals surface area (Å²) in [5.74, 6) is -0.533. The highest BCUT2D eigenvalue weighted by Gasteiger charge is 2.20. The van der Waals surface area contributed by atoms with Gasteiger partial charge in [-0.1, -0.05) is 60.7 Å². The Morgan fingerprint density at radius 2 is 1.64 bits per heavy atom. The fraction of sp³-hybridized carbons (Fsp3) is 0.321. The third kappa shape index (κ3) is 7.72. The average molecular weight is 450 g/mol. The Bertz CT molecular complexity index is 1020. The van der Waals surface area contributed by atoms with Crippen molar-refractivity contribution in [2.75, 3.05) is 19.8 Å². The molecule has 0 saturated heterocycles. The van der Waals surface area contributed by atoms with Crippen LogP contribution in [0.3, 0.4) is 0 Å². The number of halogens is 1. The second-order valence-corrected chi connectivity index (χ2v) is 7.89.